The molecule has 3 heterocycles. The zero-order chi connectivity index (χ0) is 19.8. The molecule has 0 bridgehead atoms. The number of nitriles is 1. The number of aromatic nitrogens is 4. The van der Waals surface area contributed by atoms with E-state index in [1.54, 1.807) is 11.8 Å². The quantitative estimate of drug-likeness (QED) is 0.563. The van der Waals surface area contributed by atoms with Gasteiger partial charge in [0.1, 0.15) is 23.1 Å². The summed E-state index contributed by atoms with van der Waals surface area (Å²) in [6.45, 7) is 0. The van der Waals surface area contributed by atoms with Gasteiger partial charge in [-0.2, -0.15) is 20.6 Å². The highest BCUT2D eigenvalue weighted by molar-refractivity contribution is 5.72. The van der Waals surface area contributed by atoms with Gasteiger partial charge in [0.15, 0.2) is 5.82 Å². The second-order valence-electron chi connectivity index (χ2n) is 6.50. The Morgan fingerprint density at radius 3 is 2.59 bits per heavy atom. The summed E-state index contributed by atoms with van der Waals surface area (Å²) in [5.41, 5.74) is 4.35. The zero-order valence-electron chi connectivity index (χ0n) is 15.4. The Labute approximate surface area is 166 Å². The van der Waals surface area contributed by atoms with E-state index in [1.165, 1.54) is 0 Å². The first-order chi connectivity index (χ1) is 14.3. The minimum Gasteiger partial charge on any atom is -0.497 e. The Balaban J connectivity index is 1.51. The fourth-order valence-electron chi connectivity index (χ4n) is 3.32. The molecule has 0 fully saturated rings. The van der Waals surface area contributed by atoms with Gasteiger partial charge in [-0.15, -0.1) is 5.11 Å². The minimum absolute atomic E-state index is 0.414. The summed E-state index contributed by atoms with van der Waals surface area (Å²) in [7, 11) is 1.63. The lowest BCUT2D eigenvalue weighted by atomic mass is 10.1. The van der Waals surface area contributed by atoms with Crippen LogP contribution in [0.2, 0.25) is 0 Å². The Morgan fingerprint density at radius 1 is 1.07 bits per heavy atom. The highest BCUT2D eigenvalue weighted by atomic mass is 16.5. The predicted octanol–water partition coefficient (Wildman–Crippen LogP) is 4.46. The number of rotatable bonds is 4. The predicted molar refractivity (Wildman–Crippen MR) is 106 cm³/mol. The molecule has 1 atom stereocenters. The molecule has 1 aliphatic heterocycles. The topological polar surface area (TPSA) is 104 Å². The Kier molecular flexibility index (Phi) is 3.92. The van der Waals surface area contributed by atoms with E-state index in [4.69, 9.17) is 4.74 Å². The van der Waals surface area contributed by atoms with E-state index in [-0.39, 0.29) is 0 Å². The molecule has 2 aromatic heterocycles. The monoisotopic (exact) mass is 381 g/mol. The lowest BCUT2D eigenvalue weighted by Gasteiger charge is -2.05. The molecule has 29 heavy (non-hydrogen) atoms. The fourth-order valence-corrected chi connectivity index (χ4v) is 3.32. The number of ether oxygens (including phenoxy) is 1. The molecular weight excluding hydrogens is 366 g/mol. The Morgan fingerprint density at radius 2 is 1.86 bits per heavy atom. The van der Waals surface area contributed by atoms with Gasteiger partial charge in [0.2, 0.25) is 6.17 Å². The number of nitrogens with zero attached hydrogens (tertiary/aromatic N) is 6. The molecule has 140 valence electrons. The highest BCUT2D eigenvalue weighted by Crippen LogP contribution is 2.39. The largest absolute Gasteiger partial charge is 0.497 e. The van der Waals surface area contributed by atoms with Crippen molar-refractivity contribution in [3.8, 4) is 34.3 Å². The number of fused-ring (bicyclic) bond motifs is 1. The van der Waals surface area contributed by atoms with Crippen LogP contribution in [0.4, 0.5) is 5.82 Å². The van der Waals surface area contributed by atoms with Crippen molar-refractivity contribution in [2.75, 3.05) is 7.11 Å². The van der Waals surface area contributed by atoms with Crippen LogP contribution < -0.4 is 4.74 Å². The lowest BCUT2D eigenvalue weighted by Crippen LogP contribution is -2.06. The van der Waals surface area contributed by atoms with Crippen LogP contribution >= 0.6 is 0 Å². The van der Waals surface area contributed by atoms with Crippen molar-refractivity contribution >= 4 is 5.82 Å². The van der Waals surface area contributed by atoms with Crippen molar-refractivity contribution in [3.05, 3.63) is 71.9 Å². The first kappa shape index (κ1) is 16.9. The molecule has 0 unspecified atom stereocenters. The van der Waals surface area contributed by atoms with E-state index >= 15 is 0 Å². The standard InChI is InChI=1S/C21H15N7O/c1-29-15-9-7-13(8-10-15)17-11-18(24-23-17)21-26-25-20-16(12-22)19(27-28(20)21)14-5-3-2-4-6-14/h2-11,21H,1H3,(H,23,24)/t21-/m1/s1. The van der Waals surface area contributed by atoms with Crippen LogP contribution in [0.15, 0.2) is 70.9 Å². The van der Waals surface area contributed by atoms with E-state index in [2.05, 4.69) is 31.6 Å². The van der Waals surface area contributed by atoms with Gasteiger partial charge in [0, 0.05) is 11.1 Å². The van der Waals surface area contributed by atoms with Crippen LogP contribution in [-0.2, 0) is 0 Å². The van der Waals surface area contributed by atoms with E-state index in [1.807, 2.05) is 60.7 Å². The number of benzene rings is 2. The third-order valence-corrected chi connectivity index (χ3v) is 4.80. The molecule has 0 saturated carbocycles. The van der Waals surface area contributed by atoms with Crippen LogP contribution in [0.3, 0.4) is 0 Å². The van der Waals surface area contributed by atoms with Gasteiger partial charge in [-0.3, -0.25) is 5.10 Å². The van der Waals surface area contributed by atoms with Crippen molar-refractivity contribution in [3.63, 3.8) is 0 Å². The van der Waals surface area contributed by atoms with Crippen molar-refractivity contribution in [2.24, 2.45) is 10.2 Å². The lowest BCUT2D eigenvalue weighted by molar-refractivity contribution is 0.415. The highest BCUT2D eigenvalue weighted by Gasteiger charge is 2.30. The number of H-pyrrole nitrogens is 1. The number of hydrogen-bond acceptors (Lipinski definition) is 6. The van der Waals surface area contributed by atoms with E-state index < -0.39 is 6.17 Å². The van der Waals surface area contributed by atoms with Gasteiger partial charge in [-0.25, -0.2) is 4.68 Å². The second kappa shape index (κ2) is 6.73. The first-order valence-corrected chi connectivity index (χ1v) is 8.97. The molecule has 1 aliphatic rings. The van der Waals surface area contributed by atoms with Crippen molar-refractivity contribution in [1.29, 1.82) is 5.26 Å². The maximum atomic E-state index is 9.65. The van der Waals surface area contributed by atoms with Crippen LogP contribution in [0.25, 0.3) is 22.5 Å². The zero-order valence-corrected chi connectivity index (χ0v) is 15.4. The molecule has 0 saturated heterocycles. The first-order valence-electron chi connectivity index (χ1n) is 8.97. The molecule has 8 heteroatoms. The molecule has 4 aromatic rings. The molecule has 0 amide bonds. The summed E-state index contributed by atoms with van der Waals surface area (Å²) in [6, 6.07) is 21.4. The molecule has 8 nitrogen and oxygen atoms in total. The Bertz CT molecular complexity index is 1250. The van der Waals surface area contributed by atoms with E-state index in [9.17, 15) is 5.26 Å². The van der Waals surface area contributed by atoms with Gasteiger partial charge >= 0.3 is 0 Å². The summed E-state index contributed by atoms with van der Waals surface area (Å²) < 4.78 is 6.86. The summed E-state index contributed by atoms with van der Waals surface area (Å²) in [6.07, 6.45) is -0.492. The van der Waals surface area contributed by atoms with Gasteiger partial charge in [-0.05, 0) is 30.3 Å². The van der Waals surface area contributed by atoms with Crippen molar-refractivity contribution in [2.45, 2.75) is 6.17 Å². The van der Waals surface area contributed by atoms with Gasteiger partial charge in [0.05, 0.1) is 18.5 Å². The van der Waals surface area contributed by atoms with Gasteiger partial charge < -0.3 is 4.74 Å². The third-order valence-electron chi connectivity index (χ3n) is 4.80. The van der Waals surface area contributed by atoms with Crippen LogP contribution in [0, 0.1) is 11.3 Å². The summed E-state index contributed by atoms with van der Waals surface area (Å²) >= 11 is 0. The summed E-state index contributed by atoms with van der Waals surface area (Å²) in [5, 5.41) is 30.2. The molecule has 2 aromatic carbocycles. The molecule has 1 N–H and O–H groups in total. The average Bonchev–Trinajstić information content (AvgIpc) is 3.49. The molecule has 5 rings (SSSR count). The second-order valence-corrected chi connectivity index (χ2v) is 6.50. The molecule has 0 aliphatic carbocycles. The van der Waals surface area contributed by atoms with Gasteiger partial charge in [-0.1, -0.05) is 30.3 Å². The molecule has 0 radical (unpaired) electrons. The SMILES string of the molecule is COc1ccc(-c2cc([C@@H]3N=Nc4c(C#N)c(-c5ccccc5)nn43)[nH]n2)cc1. The number of aromatic amines is 1. The smallest absolute Gasteiger partial charge is 0.206 e. The average molecular weight is 381 g/mol. The van der Waals surface area contributed by atoms with Gasteiger partial charge in [0.25, 0.3) is 0 Å². The normalized spacial score (nSPS) is 14.6. The van der Waals surface area contributed by atoms with Crippen LogP contribution in [-0.4, -0.2) is 27.1 Å². The Hall–Kier alpha value is -4.25. The third kappa shape index (κ3) is 2.76. The van der Waals surface area contributed by atoms with E-state index in [0.29, 0.717) is 17.1 Å². The summed E-state index contributed by atoms with van der Waals surface area (Å²) in [4.78, 5) is 0. The fraction of sp³-hybridized carbons (Fsp3) is 0.0952. The van der Waals surface area contributed by atoms with E-state index in [0.717, 1.165) is 28.3 Å². The number of nitrogens with one attached hydrogen (secondary N) is 1. The summed E-state index contributed by atoms with van der Waals surface area (Å²) in [5.74, 6) is 1.24. The number of azo groups is 1. The number of methoxy groups -OCH3 is 1. The maximum Gasteiger partial charge on any atom is 0.206 e. The van der Waals surface area contributed by atoms with Crippen molar-refractivity contribution in [1.82, 2.24) is 20.0 Å². The number of hydrogen-bond donors (Lipinski definition) is 1. The molecular formula is C21H15N7O. The maximum absolute atomic E-state index is 9.65. The van der Waals surface area contributed by atoms with Crippen molar-refractivity contribution < 1.29 is 4.74 Å². The van der Waals surface area contributed by atoms with Crippen LogP contribution in [0.5, 0.6) is 5.75 Å². The molecule has 0 spiro atoms. The minimum atomic E-state index is -0.492. The van der Waals surface area contributed by atoms with Crippen LogP contribution in [0.1, 0.15) is 17.4 Å².